The summed E-state index contributed by atoms with van der Waals surface area (Å²) in [7, 11) is 0. The Morgan fingerprint density at radius 2 is 2.33 bits per heavy atom. The Morgan fingerprint density at radius 3 is 3.00 bits per heavy atom. The highest BCUT2D eigenvalue weighted by Crippen LogP contribution is 2.36. The fourth-order valence-electron chi connectivity index (χ4n) is 3.82. The molecule has 2 aromatic rings. The highest BCUT2D eigenvalue weighted by molar-refractivity contribution is 5.92. The van der Waals surface area contributed by atoms with E-state index in [0.717, 1.165) is 24.4 Å². The Labute approximate surface area is 143 Å². The molecule has 2 aromatic heterocycles. The normalized spacial score (nSPS) is 22.3. The van der Waals surface area contributed by atoms with Gasteiger partial charge in [-0.25, -0.2) is 4.98 Å². The average Bonchev–Trinajstić information content (AvgIpc) is 3.21. The van der Waals surface area contributed by atoms with Crippen LogP contribution >= 0.6 is 0 Å². The van der Waals surface area contributed by atoms with Gasteiger partial charge in [0.05, 0.1) is 17.9 Å². The number of carbonyl (C=O) groups is 1. The molecule has 1 fully saturated rings. The van der Waals surface area contributed by atoms with Gasteiger partial charge in [-0.3, -0.25) is 9.48 Å². The van der Waals surface area contributed by atoms with Gasteiger partial charge in [0.15, 0.2) is 0 Å². The van der Waals surface area contributed by atoms with Crippen LogP contribution in [0.2, 0.25) is 0 Å². The van der Waals surface area contributed by atoms with Crippen LogP contribution in [0.4, 0.5) is 0 Å². The fraction of sp³-hybridized carbons (Fsp3) is 0.611. The van der Waals surface area contributed by atoms with Gasteiger partial charge in [0.25, 0.3) is 5.91 Å². The summed E-state index contributed by atoms with van der Waals surface area (Å²) in [5, 5.41) is 7.44. The highest BCUT2D eigenvalue weighted by Gasteiger charge is 2.31. The third kappa shape index (κ3) is 3.52. The maximum atomic E-state index is 12.8. The molecule has 1 aliphatic rings. The molecule has 0 aromatic carbocycles. The van der Waals surface area contributed by atoms with E-state index in [0.29, 0.717) is 24.1 Å². The van der Waals surface area contributed by atoms with Crippen molar-refractivity contribution >= 4 is 5.91 Å². The van der Waals surface area contributed by atoms with E-state index in [4.69, 9.17) is 0 Å². The highest BCUT2D eigenvalue weighted by atomic mass is 16.2. The number of H-pyrrole nitrogens is 1. The predicted molar refractivity (Wildman–Crippen MR) is 92.6 cm³/mol. The predicted octanol–water partition coefficient (Wildman–Crippen LogP) is 3.23. The van der Waals surface area contributed by atoms with Crippen LogP contribution in [0.5, 0.6) is 0 Å². The summed E-state index contributed by atoms with van der Waals surface area (Å²) in [6.45, 7) is 6.92. The number of amides is 1. The first-order valence-electron chi connectivity index (χ1n) is 8.92. The van der Waals surface area contributed by atoms with Gasteiger partial charge in [-0.05, 0) is 44.6 Å². The van der Waals surface area contributed by atoms with Crippen LogP contribution in [0.15, 0.2) is 18.5 Å². The number of nitrogens with one attached hydrogen (secondary N) is 2. The van der Waals surface area contributed by atoms with E-state index in [1.54, 1.807) is 16.9 Å². The lowest BCUT2D eigenvalue weighted by molar-refractivity contribution is 0.0892. The van der Waals surface area contributed by atoms with Crippen molar-refractivity contribution in [3.8, 4) is 0 Å². The lowest BCUT2D eigenvalue weighted by Gasteiger charge is -2.33. The molecule has 2 heterocycles. The fourth-order valence-corrected chi connectivity index (χ4v) is 3.82. The topological polar surface area (TPSA) is 75.6 Å². The third-order valence-electron chi connectivity index (χ3n) is 5.04. The van der Waals surface area contributed by atoms with E-state index in [9.17, 15) is 4.79 Å². The van der Waals surface area contributed by atoms with Gasteiger partial charge in [0.1, 0.15) is 11.5 Å². The Hall–Kier alpha value is -2.11. The van der Waals surface area contributed by atoms with Crippen LogP contribution in [0, 0.1) is 18.8 Å². The van der Waals surface area contributed by atoms with Crippen molar-refractivity contribution in [2.75, 3.05) is 0 Å². The molecule has 1 amide bonds. The summed E-state index contributed by atoms with van der Waals surface area (Å²) < 4.78 is 1.73. The van der Waals surface area contributed by atoms with Crippen LogP contribution < -0.4 is 5.32 Å². The van der Waals surface area contributed by atoms with E-state index in [2.05, 4.69) is 27.3 Å². The SMILES string of the molecule is CCn1nccc1C(=O)NC(c1cnc(C)[nH]1)[C@H]1CCCC(C)C1. The Morgan fingerprint density at radius 1 is 1.50 bits per heavy atom. The van der Waals surface area contributed by atoms with Crippen molar-refractivity contribution in [3.63, 3.8) is 0 Å². The Bertz CT molecular complexity index is 689. The zero-order valence-corrected chi connectivity index (χ0v) is 14.7. The molecule has 1 saturated carbocycles. The maximum Gasteiger partial charge on any atom is 0.270 e. The van der Waals surface area contributed by atoms with Gasteiger partial charge >= 0.3 is 0 Å². The van der Waals surface area contributed by atoms with Crippen molar-refractivity contribution in [2.24, 2.45) is 11.8 Å². The average molecular weight is 329 g/mol. The Kier molecular flexibility index (Phi) is 5.02. The molecule has 0 saturated heterocycles. The van der Waals surface area contributed by atoms with Crippen LogP contribution in [0.3, 0.4) is 0 Å². The second-order valence-corrected chi connectivity index (χ2v) is 6.94. The first-order valence-corrected chi connectivity index (χ1v) is 8.92. The first kappa shape index (κ1) is 16.7. The standard InChI is InChI=1S/C18H27N5O/c1-4-23-16(8-9-20-23)18(24)22-17(15-11-19-13(3)21-15)14-7-5-6-12(2)10-14/h8-9,11-12,14,17H,4-7,10H2,1-3H3,(H,19,21)(H,22,24)/t12?,14-,17?/m0/s1. The molecule has 3 atom stereocenters. The van der Waals surface area contributed by atoms with Crippen LogP contribution in [0.25, 0.3) is 0 Å². The summed E-state index contributed by atoms with van der Waals surface area (Å²) in [6.07, 6.45) is 8.31. The first-order chi connectivity index (χ1) is 11.6. The quantitative estimate of drug-likeness (QED) is 0.884. The second kappa shape index (κ2) is 7.20. The van der Waals surface area contributed by atoms with Gasteiger partial charge in [-0.2, -0.15) is 5.10 Å². The van der Waals surface area contributed by atoms with Crippen molar-refractivity contribution in [1.29, 1.82) is 0 Å². The summed E-state index contributed by atoms with van der Waals surface area (Å²) >= 11 is 0. The van der Waals surface area contributed by atoms with Gasteiger partial charge in [0.2, 0.25) is 0 Å². The molecule has 0 spiro atoms. The summed E-state index contributed by atoms with van der Waals surface area (Å²) in [6, 6.07) is 1.75. The van der Waals surface area contributed by atoms with Crippen molar-refractivity contribution in [3.05, 3.63) is 35.7 Å². The van der Waals surface area contributed by atoms with Gasteiger partial charge in [-0.1, -0.05) is 19.8 Å². The van der Waals surface area contributed by atoms with Crippen molar-refractivity contribution in [2.45, 2.75) is 59.0 Å². The lowest BCUT2D eigenvalue weighted by Crippen LogP contribution is -2.36. The minimum Gasteiger partial charge on any atom is -0.344 e. The number of aromatic amines is 1. The van der Waals surface area contributed by atoms with Crippen LogP contribution in [0.1, 0.15) is 67.6 Å². The molecular weight excluding hydrogens is 302 g/mol. The van der Waals surface area contributed by atoms with E-state index in [1.165, 1.54) is 12.8 Å². The van der Waals surface area contributed by atoms with E-state index >= 15 is 0 Å². The second-order valence-electron chi connectivity index (χ2n) is 6.94. The van der Waals surface area contributed by atoms with Crippen molar-refractivity contribution < 1.29 is 4.79 Å². The van der Waals surface area contributed by atoms with Crippen molar-refractivity contribution in [1.82, 2.24) is 25.1 Å². The number of hydrogen-bond donors (Lipinski definition) is 2. The monoisotopic (exact) mass is 329 g/mol. The van der Waals surface area contributed by atoms with Gasteiger partial charge in [-0.15, -0.1) is 0 Å². The molecule has 130 valence electrons. The molecule has 3 rings (SSSR count). The maximum absolute atomic E-state index is 12.8. The Balaban J connectivity index is 1.83. The number of rotatable bonds is 5. The molecule has 0 bridgehead atoms. The van der Waals surface area contributed by atoms with Crippen LogP contribution in [-0.4, -0.2) is 25.7 Å². The summed E-state index contributed by atoms with van der Waals surface area (Å²) in [5.41, 5.74) is 1.62. The molecular formula is C18H27N5O. The number of carbonyl (C=O) groups excluding carboxylic acids is 1. The zero-order chi connectivity index (χ0) is 17.1. The van der Waals surface area contributed by atoms with Crippen LogP contribution in [-0.2, 0) is 6.54 Å². The number of aromatic nitrogens is 4. The smallest absolute Gasteiger partial charge is 0.270 e. The molecule has 2 N–H and O–H groups in total. The van der Waals surface area contributed by atoms with E-state index in [-0.39, 0.29) is 11.9 Å². The summed E-state index contributed by atoms with van der Waals surface area (Å²) in [5.74, 6) is 1.96. The number of nitrogens with zero attached hydrogens (tertiary/aromatic N) is 3. The molecule has 6 nitrogen and oxygen atoms in total. The number of imidazole rings is 1. The summed E-state index contributed by atoms with van der Waals surface area (Å²) in [4.78, 5) is 20.4. The zero-order valence-electron chi connectivity index (χ0n) is 14.7. The lowest BCUT2D eigenvalue weighted by atomic mass is 9.78. The van der Waals surface area contributed by atoms with Gasteiger partial charge in [0, 0.05) is 12.7 Å². The van der Waals surface area contributed by atoms with E-state index in [1.807, 2.05) is 20.0 Å². The number of hydrogen-bond acceptors (Lipinski definition) is 3. The molecule has 2 unspecified atom stereocenters. The molecule has 24 heavy (non-hydrogen) atoms. The minimum atomic E-state index is -0.0650. The molecule has 1 aliphatic carbocycles. The molecule has 0 radical (unpaired) electrons. The largest absolute Gasteiger partial charge is 0.344 e. The molecule has 6 heteroatoms. The molecule has 0 aliphatic heterocycles. The van der Waals surface area contributed by atoms with E-state index < -0.39 is 0 Å². The van der Waals surface area contributed by atoms with Gasteiger partial charge < -0.3 is 10.3 Å². The third-order valence-corrected chi connectivity index (χ3v) is 5.04. The number of aryl methyl sites for hydroxylation is 2. The minimum absolute atomic E-state index is 0.0262.